The number of hydrogen-bond acceptors (Lipinski definition) is 7. The zero-order valence-corrected chi connectivity index (χ0v) is 17.4. The lowest BCUT2D eigenvalue weighted by Gasteiger charge is -2.28. The van der Waals surface area contributed by atoms with Crippen molar-refractivity contribution in [2.45, 2.75) is 23.8 Å². The Morgan fingerprint density at radius 3 is 2.60 bits per heavy atom. The smallest absolute Gasteiger partial charge is 0.256 e. The fraction of sp³-hybridized carbons (Fsp3) is 0.400. The van der Waals surface area contributed by atoms with E-state index in [1.54, 1.807) is 12.3 Å². The van der Waals surface area contributed by atoms with E-state index in [4.69, 9.17) is 9.47 Å². The third-order valence-corrected chi connectivity index (χ3v) is 6.52. The minimum absolute atomic E-state index is 0.0497. The summed E-state index contributed by atoms with van der Waals surface area (Å²) < 4.78 is 38.4. The molecule has 1 aliphatic carbocycles. The van der Waals surface area contributed by atoms with Crippen molar-refractivity contribution < 1.29 is 22.7 Å². The Kier molecular flexibility index (Phi) is 5.89. The number of pyridine rings is 1. The largest absolute Gasteiger partial charge is 0.495 e. The molecule has 2 fully saturated rings. The molecule has 2 aromatic rings. The van der Waals surface area contributed by atoms with E-state index in [-0.39, 0.29) is 22.3 Å². The maximum atomic E-state index is 12.7. The van der Waals surface area contributed by atoms with Crippen LogP contribution in [-0.2, 0) is 14.8 Å². The highest BCUT2D eigenvalue weighted by molar-refractivity contribution is 7.89. The average molecular weight is 433 g/mol. The van der Waals surface area contributed by atoms with Gasteiger partial charge in [0.15, 0.2) is 0 Å². The standard InChI is InChI=1S/C20H24N4O5S/c1-28-17-6-2-14(12-18(17)30(26,27)23-15-3-4-15)20(25)22-19-7-5-16(13-21-19)24-8-10-29-11-9-24/h2,5-7,12-13,15,23H,3-4,8-11H2,1H3,(H,21,22,25). The van der Waals surface area contributed by atoms with Crippen molar-refractivity contribution in [1.82, 2.24) is 9.71 Å². The number of carbonyl (C=O) groups excluding carboxylic acids is 1. The molecule has 0 radical (unpaired) electrons. The highest BCUT2D eigenvalue weighted by Crippen LogP contribution is 2.28. The quantitative estimate of drug-likeness (QED) is 0.684. The number of aromatic nitrogens is 1. The maximum Gasteiger partial charge on any atom is 0.256 e. The van der Waals surface area contributed by atoms with E-state index < -0.39 is 15.9 Å². The predicted molar refractivity (Wildman–Crippen MR) is 112 cm³/mol. The van der Waals surface area contributed by atoms with Crippen LogP contribution < -0.4 is 19.7 Å². The molecule has 2 N–H and O–H groups in total. The van der Waals surface area contributed by atoms with Crippen LogP contribution in [0.3, 0.4) is 0 Å². The SMILES string of the molecule is COc1ccc(C(=O)Nc2ccc(N3CCOCC3)cn2)cc1S(=O)(=O)NC1CC1. The van der Waals surface area contributed by atoms with Gasteiger partial charge in [0.25, 0.3) is 5.91 Å². The van der Waals surface area contributed by atoms with Gasteiger partial charge in [-0.2, -0.15) is 0 Å². The lowest BCUT2D eigenvalue weighted by Crippen LogP contribution is -2.36. The molecule has 4 rings (SSSR count). The molecule has 2 heterocycles. The maximum absolute atomic E-state index is 12.7. The molecule has 0 unspecified atom stereocenters. The Bertz CT molecular complexity index is 1020. The molecule has 0 spiro atoms. The first-order chi connectivity index (χ1) is 14.5. The Hall–Kier alpha value is -2.69. The van der Waals surface area contributed by atoms with Crippen LogP contribution in [0.5, 0.6) is 5.75 Å². The van der Waals surface area contributed by atoms with Crippen LogP contribution in [0.25, 0.3) is 0 Å². The lowest BCUT2D eigenvalue weighted by atomic mass is 10.2. The summed E-state index contributed by atoms with van der Waals surface area (Å²) in [6, 6.07) is 7.88. The molecule has 0 bridgehead atoms. The van der Waals surface area contributed by atoms with Crippen LogP contribution in [0.4, 0.5) is 11.5 Å². The Balaban J connectivity index is 1.49. The zero-order valence-electron chi connectivity index (χ0n) is 16.6. The average Bonchev–Trinajstić information content (AvgIpc) is 3.57. The van der Waals surface area contributed by atoms with E-state index in [0.29, 0.717) is 19.0 Å². The van der Waals surface area contributed by atoms with Crippen LogP contribution in [-0.4, -0.2) is 58.8 Å². The van der Waals surface area contributed by atoms with Gasteiger partial charge in [-0.1, -0.05) is 0 Å². The van der Waals surface area contributed by atoms with Gasteiger partial charge in [0, 0.05) is 24.7 Å². The molecule has 2 aliphatic rings. The van der Waals surface area contributed by atoms with E-state index in [2.05, 4.69) is 19.9 Å². The van der Waals surface area contributed by atoms with Crippen molar-refractivity contribution in [3.05, 3.63) is 42.1 Å². The summed E-state index contributed by atoms with van der Waals surface area (Å²) in [5.41, 5.74) is 1.16. The van der Waals surface area contributed by atoms with E-state index in [0.717, 1.165) is 31.6 Å². The Morgan fingerprint density at radius 1 is 1.20 bits per heavy atom. The summed E-state index contributed by atoms with van der Waals surface area (Å²) >= 11 is 0. The van der Waals surface area contributed by atoms with Crippen LogP contribution in [0.1, 0.15) is 23.2 Å². The zero-order chi connectivity index (χ0) is 21.1. The second kappa shape index (κ2) is 8.58. The molecule has 160 valence electrons. The number of amides is 1. The lowest BCUT2D eigenvalue weighted by molar-refractivity contribution is 0.102. The number of ether oxygens (including phenoxy) is 2. The Labute approximate surface area is 175 Å². The number of rotatable bonds is 7. The van der Waals surface area contributed by atoms with E-state index in [1.807, 2.05) is 6.07 Å². The molecule has 1 amide bonds. The summed E-state index contributed by atoms with van der Waals surface area (Å²) in [5.74, 6) is 0.119. The molecular weight excluding hydrogens is 408 g/mol. The molecule has 1 aromatic carbocycles. The third kappa shape index (κ3) is 4.72. The summed E-state index contributed by atoms with van der Waals surface area (Å²) in [7, 11) is -2.38. The van der Waals surface area contributed by atoms with Gasteiger partial charge in [-0.3, -0.25) is 4.79 Å². The van der Waals surface area contributed by atoms with Gasteiger partial charge in [-0.15, -0.1) is 0 Å². The summed E-state index contributed by atoms with van der Waals surface area (Å²) in [6.07, 6.45) is 3.33. The molecule has 30 heavy (non-hydrogen) atoms. The number of methoxy groups -OCH3 is 1. The third-order valence-electron chi connectivity index (χ3n) is 4.98. The molecule has 9 nitrogen and oxygen atoms in total. The fourth-order valence-corrected chi connectivity index (χ4v) is 4.67. The predicted octanol–water partition coefficient (Wildman–Crippen LogP) is 1.62. The summed E-state index contributed by atoms with van der Waals surface area (Å²) in [4.78, 5) is 19.1. The normalized spacial score (nSPS) is 16.9. The van der Waals surface area contributed by atoms with Crippen LogP contribution in [0.15, 0.2) is 41.4 Å². The number of anilines is 2. The fourth-order valence-electron chi connectivity index (χ4n) is 3.17. The first kappa shape index (κ1) is 20.6. The van der Waals surface area contributed by atoms with Crippen molar-refractivity contribution >= 4 is 27.4 Å². The van der Waals surface area contributed by atoms with Crippen molar-refractivity contribution in [2.75, 3.05) is 43.6 Å². The van der Waals surface area contributed by atoms with Gasteiger partial charge in [-0.25, -0.2) is 18.1 Å². The first-order valence-corrected chi connectivity index (χ1v) is 11.2. The molecule has 10 heteroatoms. The highest BCUT2D eigenvalue weighted by atomic mass is 32.2. The molecule has 1 aliphatic heterocycles. The number of sulfonamides is 1. The monoisotopic (exact) mass is 432 g/mol. The molecule has 1 aromatic heterocycles. The van der Waals surface area contributed by atoms with Gasteiger partial charge < -0.3 is 19.7 Å². The van der Waals surface area contributed by atoms with E-state index in [9.17, 15) is 13.2 Å². The minimum Gasteiger partial charge on any atom is -0.495 e. The number of morpholine rings is 1. The molecule has 0 atom stereocenters. The second-order valence-corrected chi connectivity index (χ2v) is 8.90. The molecule has 1 saturated carbocycles. The number of nitrogens with one attached hydrogen (secondary N) is 2. The van der Waals surface area contributed by atoms with E-state index >= 15 is 0 Å². The summed E-state index contributed by atoms with van der Waals surface area (Å²) in [5, 5.41) is 2.71. The minimum atomic E-state index is -3.77. The first-order valence-electron chi connectivity index (χ1n) is 9.77. The van der Waals surface area contributed by atoms with Crippen molar-refractivity contribution in [1.29, 1.82) is 0 Å². The van der Waals surface area contributed by atoms with E-state index in [1.165, 1.54) is 25.3 Å². The van der Waals surface area contributed by atoms with Crippen molar-refractivity contribution in [3.8, 4) is 5.75 Å². The number of hydrogen-bond donors (Lipinski definition) is 2. The van der Waals surface area contributed by atoms with Gasteiger partial charge >= 0.3 is 0 Å². The topological polar surface area (TPSA) is 110 Å². The van der Waals surface area contributed by atoms with Crippen LogP contribution in [0.2, 0.25) is 0 Å². The number of carbonyl (C=O) groups is 1. The number of nitrogens with zero attached hydrogens (tertiary/aromatic N) is 2. The Morgan fingerprint density at radius 2 is 1.97 bits per heavy atom. The summed E-state index contributed by atoms with van der Waals surface area (Å²) in [6.45, 7) is 2.95. The van der Waals surface area contributed by atoms with Gasteiger partial charge in [0.05, 0.1) is 32.2 Å². The molecule has 1 saturated heterocycles. The second-order valence-electron chi connectivity index (χ2n) is 7.22. The highest BCUT2D eigenvalue weighted by Gasteiger charge is 2.30. The van der Waals surface area contributed by atoms with Gasteiger partial charge in [0.1, 0.15) is 16.5 Å². The molecular formula is C20H24N4O5S. The number of benzene rings is 1. The van der Waals surface area contributed by atoms with Crippen molar-refractivity contribution in [2.24, 2.45) is 0 Å². The van der Waals surface area contributed by atoms with Crippen molar-refractivity contribution in [3.63, 3.8) is 0 Å². The van der Waals surface area contributed by atoms with Gasteiger partial charge in [-0.05, 0) is 43.2 Å². The van der Waals surface area contributed by atoms with Crippen LogP contribution in [0, 0.1) is 0 Å². The van der Waals surface area contributed by atoms with Crippen LogP contribution >= 0.6 is 0 Å². The van der Waals surface area contributed by atoms with Gasteiger partial charge in [0.2, 0.25) is 10.0 Å².